The van der Waals surface area contributed by atoms with Crippen molar-refractivity contribution >= 4 is 39.3 Å². The van der Waals surface area contributed by atoms with Gasteiger partial charge in [-0.2, -0.15) is 0 Å². The first kappa shape index (κ1) is 16.5. The number of carbonyl (C=O) groups excluding carboxylic acids is 1. The van der Waals surface area contributed by atoms with Gasteiger partial charge in [0.25, 0.3) is 0 Å². The number of aliphatic carboxylic acids is 1. The van der Waals surface area contributed by atoms with Crippen molar-refractivity contribution in [2.45, 2.75) is 19.1 Å². The number of alkyl carbamates (subject to hydrolysis) is 1. The normalized spacial score (nSPS) is 11.7. The van der Waals surface area contributed by atoms with Crippen molar-refractivity contribution in [1.29, 1.82) is 0 Å². The monoisotopic (exact) mass is 383 g/mol. The lowest BCUT2D eigenvalue weighted by Crippen LogP contribution is -2.30. The van der Waals surface area contributed by atoms with Crippen molar-refractivity contribution < 1.29 is 19.4 Å². The molecule has 0 saturated heterocycles. The fraction of sp³-hybridized carbons (Fsp3) is 0.200. The van der Waals surface area contributed by atoms with Crippen molar-refractivity contribution in [2.75, 3.05) is 0 Å². The first-order valence-corrected chi connectivity index (χ1v) is 8.15. The summed E-state index contributed by atoms with van der Waals surface area (Å²) < 4.78 is 5.92. The van der Waals surface area contributed by atoms with Gasteiger partial charge in [-0.3, -0.25) is 4.79 Å². The number of benzene rings is 1. The van der Waals surface area contributed by atoms with E-state index < -0.39 is 18.1 Å². The maximum Gasteiger partial charge on any atom is 0.407 e. The van der Waals surface area contributed by atoms with Gasteiger partial charge in [0.15, 0.2) is 0 Å². The molecule has 1 amide bonds. The number of carbonyl (C=O) groups is 2. The molecular weight excluding hydrogens is 370 g/mol. The zero-order valence-corrected chi connectivity index (χ0v) is 13.9. The summed E-state index contributed by atoms with van der Waals surface area (Å²) in [5.74, 6) is -0.994. The predicted octanol–water partition coefficient (Wildman–Crippen LogP) is 3.95. The summed E-state index contributed by atoms with van der Waals surface area (Å²) in [4.78, 5) is 22.8. The Bertz CT molecular complexity index is 644. The first-order valence-electron chi connectivity index (χ1n) is 6.48. The van der Waals surface area contributed by atoms with Crippen LogP contribution in [0, 0.1) is 0 Å². The number of halogens is 1. The van der Waals surface area contributed by atoms with E-state index in [0.29, 0.717) is 0 Å². The summed E-state index contributed by atoms with van der Waals surface area (Å²) in [6.07, 6.45) is -0.858. The molecule has 5 nitrogen and oxygen atoms in total. The van der Waals surface area contributed by atoms with Crippen LogP contribution in [0.15, 0.2) is 45.6 Å². The fourth-order valence-corrected chi connectivity index (χ4v) is 3.29. The Morgan fingerprint density at radius 2 is 2.00 bits per heavy atom. The molecule has 1 heterocycles. The Labute approximate surface area is 140 Å². The lowest BCUT2D eigenvalue weighted by atomic mass is 10.1. The summed E-state index contributed by atoms with van der Waals surface area (Å²) in [6, 6.07) is 10.4. The van der Waals surface area contributed by atoms with Gasteiger partial charge in [-0.15, -0.1) is 11.3 Å². The third kappa shape index (κ3) is 4.85. The standard InChI is InChI=1S/C15H14BrNO4S/c16-14-11(6-7-22-14)12(8-13(18)19)17-15(20)21-9-10-4-2-1-3-5-10/h1-7,12H,8-9H2,(H,17,20)(H,18,19)/t12-/m1/s1. The van der Waals surface area contributed by atoms with Crippen molar-refractivity contribution in [2.24, 2.45) is 0 Å². The summed E-state index contributed by atoms with van der Waals surface area (Å²) >= 11 is 4.78. The number of hydrogen-bond acceptors (Lipinski definition) is 4. The molecule has 2 N–H and O–H groups in total. The fourth-order valence-electron chi connectivity index (χ4n) is 1.87. The number of rotatable bonds is 6. The second-order valence-electron chi connectivity index (χ2n) is 4.51. The second kappa shape index (κ2) is 7.95. The number of amides is 1. The Morgan fingerprint density at radius 3 is 2.59 bits per heavy atom. The van der Waals surface area contributed by atoms with Crippen LogP contribution >= 0.6 is 27.3 Å². The van der Waals surface area contributed by atoms with Crippen LogP contribution in [0.4, 0.5) is 4.79 Å². The highest BCUT2D eigenvalue weighted by molar-refractivity contribution is 9.11. The lowest BCUT2D eigenvalue weighted by molar-refractivity contribution is -0.137. The Kier molecular flexibility index (Phi) is 5.97. The number of thiophene rings is 1. The minimum absolute atomic E-state index is 0.136. The van der Waals surface area contributed by atoms with E-state index in [1.807, 2.05) is 35.7 Å². The van der Waals surface area contributed by atoms with Crippen molar-refractivity contribution in [3.8, 4) is 0 Å². The van der Waals surface area contributed by atoms with E-state index in [0.717, 1.165) is 14.9 Å². The van der Waals surface area contributed by atoms with Gasteiger partial charge in [-0.05, 0) is 32.9 Å². The molecule has 1 aromatic heterocycles. The highest BCUT2D eigenvalue weighted by atomic mass is 79.9. The predicted molar refractivity (Wildman–Crippen MR) is 86.8 cm³/mol. The van der Waals surface area contributed by atoms with E-state index in [1.54, 1.807) is 6.07 Å². The van der Waals surface area contributed by atoms with Gasteiger partial charge < -0.3 is 15.2 Å². The Balaban J connectivity index is 1.96. The zero-order chi connectivity index (χ0) is 15.9. The van der Waals surface area contributed by atoms with Gasteiger partial charge in [0.05, 0.1) is 16.2 Å². The molecule has 1 aromatic carbocycles. The summed E-state index contributed by atoms with van der Waals surface area (Å²) in [5.41, 5.74) is 1.59. The van der Waals surface area contributed by atoms with Crippen LogP contribution in [0.2, 0.25) is 0 Å². The molecule has 0 spiro atoms. The molecule has 0 radical (unpaired) electrons. The van der Waals surface area contributed by atoms with Crippen LogP contribution in [0.5, 0.6) is 0 Å². The number of hydrogen-bond donors (Lipinski definition) is 2. The molecule has 0 aliphatic carbocycles. The van der Waals surface area contributed by atoms with Gasteiger partial charge in [0.1, 0.15) is 6.61 Å². The van der Waals surface area contributed by atoms with E-state index in [1.165, 1.54) is 11.3 Å². The minimum atomic E-state index is -0.994. The van der Waals surface area contributed by atoms with Gasteiger partial charge >= 0.3 is 12.1 Å². The summed E-state index contributed by atoms with van der Waals surface area (Å²) in [5, 5.41) is 13.4. The van der Waals surface area contributed by atoms with Crippen LogP contribution in [-0.4, -0.2) is 17.2 Å². The highest BCUT2D eigenvalue weighted by Crippen LogP contribution is 2.30. The van der Waals surface area contributed by atoms with Gasteiger partial charge in [-0.1, -0.05) is 30.3 Å². The molecule has 0 bridgehead atoms. The number of nitrogens with one attached hydrogen (secondary N) is 1. The molecule has 116 valence electrons. The molecule has 2 rings (SSSR count). The molecule has 2 aromatic rings. The third-order valence-electron chi connectivity index (χ3n) is 2.91. The molecule has 0 aliphatic rings. The van der Waals surface area contributed by atoms with Crippen LogP contribution in [0.3, 0.4) is 0 Å². The highest BCUT2D eigenvalue weighted by Gasteiger charge is 2.21. The van der Waals surface area contributed by atoms with Gasteiger partial charge in [-0.25, -0.2) is 4.79 Å². The average Bonchev–Trinajstić information content (AvgIpc) is 2.91. The topological polar surface area (TPSA) is 75.6 Å². The van der Waals surface area contributed by atoms with E-state index in [2.05, 4.69) is 21.2 Å². The zero-order valence-electron chi connectivity index (χ0n) is 11.5. The van der Waals surface area contributed by atoms with E-state index in [-0.39, 0.29) is 13.0 Å². The van der Waals surface area contributed by atoms with Crippen molar-refractivity contribution in [3.63, 3.8) is 0 Å². The van der Waals surface area contributed by atoms with E-state index in [4.69, 9.17) is 9.84 Å². The molecule has 0 fully saturated rings. The van der Waals surface area contributed by atoms with E-state index in [9.17, 15) is 9.59 Å². The molecule has 22 heavy (non-hydrogen) atoms. The van der Waals surface area contributed by atoms with Crippen LogP contribution < -0.4 is 5.32 Å². The quantitative estimate of drug-likeness (QED) is 0.791. The smallest absolute Gasteiger partial charge is 0.407 e. The largest absolute Gasteiger partial charge is 0.481 e. The van der Waals surface area contributed by atoms with Crippen LogP contribution in [0.1, 0.15) is 23.6 Å². The molecule has 0 saturated carbocycles. The Morgan fingerprint density at radius 1 is 1.27 bits per heavy atom. The van der Waals surface area contributed by atoms with E-state index >= 15 is 0 Å². The summed E-state index contributed by atoms with van der Waals surface area (Å²) in [7, 11) is 0. The molecule has 0 aliphatic heterocycles. The maximum atomic E-state index is 11.9. The van der Waals surface area contributed by atoms with Crippen LogP contribution in [0.25, 0.3) is 0 Å². The SMILES string of the molecule is O=C(O)C[C@@H](NC(=O)OCc1ccccc1)c1ccsc1Br. The minimum Gasteiger partial charge on any atom is -0.481 e. The van der Waals surface area contributed by atoms with Crippen LogP contribution in [-0.2, 0) is 16.1 Å². The maximum absolute atomic E-state index is 11.9. The first-order chi connectivity index (χ1) is 10.6. The molecule has 7 heteroatoms. The number of carboxylic acids is 1. The summed E-state index contributed by atoms with van der Waals surface area (Å²) in [6.45, 7) is 0.136. The van der Waals surface area contributed by atoms with Gasteiger partial charge in [0.2, 0.25) is 0 Å². The average molecular weight is 384 g/mol. The van der Waals surface area contributed by atoms with Gasteiger partial charge in [0, 0.05) is 5.56 Å². The van der Waals surface area contributed by atoms with Crippen molar-refractivity contribution in [3.05, 3.63) is 56.7 Å². The van der Waals surface area contributed by atoms with Crippen molar-refractivity contribution in [1.82, 2.24) is 5.32 Å². The Hall–Kier alpha value is -1.86. The molecular formula is C15H14BrNO4S. The molecule has 0 unspecified atom stereocenters. The second-order valence-corrected chi connectivity index (χ2v) is 6.74. The lowest BCUT2D eigenvalue weighted by Gasteiger charge is -2.16. The third-order valence-corrected chi connectivity index (χ3v) is 4.64. The number of carboxylic acid groups (broad SMARTS) is 1. The number of ether oxygens (including phenoxy) is 1. The molecule has 1 atom stereocenters.